The van der Waals surface area contributed by atoms with E-state index in [9.17, 15) is 0 Å². The topological polar surface area (TPSA) is 38.1 Å². The minimum Gasteiger partial charge on any atom is -0.466 e. The van der Waals surface area contributed by atoms with Crippen molar-refractivity contribution >= 4 is 31.9 Å². The van der Waals surface area contributed by atoms with Gasteiger partial charge in [-0.25, -0.2) is 0 Å². The van der Waals surface area contributed by atoms with Gasteiger partial charge in [0.05, 0.1) is 16.4 Å². The molecule has 2 heterocycles. The number of nitrogens with zero attached hydrogens (tertiary/aromatic N) is 1. The van der Waals surface area contributed by atoms with Gasteiger partial charge in [-0.1, -0.05) is 6.92 Å². The minimum atomic E-state index is -0.0510. The highest BCUT2D eigenvalue weighted by atomic mass is 79.9. The van der Waals surface area contributed by atoms with Crippen LogP contribution in [0.25, 0.3) is 0 Å². The SMILES string of the molecule is CCCNC(c1ncccc1Br)c1occc1Br. The Morgan fingerprint density at radius 1 is 1.33 bits per heavy atom. The Labute approximate surface area is 123 Å². The van der Waals surface area contributed by atoms with Crippen LogP contribution in [0.2, 0.25) is 0 Å². The van der Waals surface area contributed by atoms with Crippen LogP contribution in [0.1, 0.15) is 30.8 Å². The summed E-state index contributed by atoms with van der Waals surface area (Å²) in [6.07, 6.45) is 4.52. The van der Waals surface area contributed by atoms with Crippen LogP contribution in [0.5, 0.6) is 0 Å². The van der Waals surface area contributed by atoms with Gasteiger partial charge < -0.3 is 9.73 Å². The van der Waals surface area contributed by atoms with Gasteiger partial charge in [-0.2, -0.15) is 0 Å². The summed E-state index contributed by atoms with van der Waals surface area (Å²) in [4.78, 5) is 4.44. The fourth-order valence-electron chi connectivity index (χ4n) is 1.72. The number of halogens is 2. The third-order valence-electron chi connectivity index (χ3n) is 2.57. The average Bonchev–Trinajstić information content (AvgIpc) is 2.78. The van der Waals surface area contributed by atoms with Crippen LogP contribution in [0.4, 0.5) is 0 Å². The van der Waals surface area contributed by atoms with Crippen molar-refractivity contribution in [3.8, 4) is 0 Å². The largest absolute Gasteiger partial charge is 0.466 e. The van der Waals surface area contributed by atoms with E-state index in [1.165, 1.54) is 0 Å². The lowest BCUT2D eigenvalue weighted by atomic mass is 10.1. The molecule has 2 aromatic rings. The highest BCUT2D eigenvalue weighted by molar-refractivity contribution is 9.10. The summed E-state index contributed by atoms with van der Waals surface area (Å²) < 4.78 is 7.49. The fourth-order valence-corrected chi connectivity index (χ4v) is 2.64. The van der Waals surface area contributed by atoms with E-state index in [4.69, 9.17) is 4.42 Å². The van der Waals surface area contributed by atoms with Crippen molar-refractivity contribution in [3.63, 3.8) is 0 Å². The molecular weight excluding hydrogens is 360 g/mol. The van der Waals surface area contributed by atoms with E-state index < -0.39 is 0 Å². The molecule has 3 nitrogen and oxygen atoms in total. The van der Waals surface area contributed by atoms with E-state index in [1.807, 2.05) is 18.2 Å². The van der Waals surface area contributed by atoms with Crippen LogP contribution in [-0.4, -0.2) is 11.5 Å². The third-order valence-corrected chi connectivity index (χ3v) is 3.89. The predicted octanol–water partition coefficient (Wildman–Crippen LogP) is 4.29. The molecule has 96 valence electrons. The quantitative estimate of drug-likeness (QED) is 0.849. The molecule has 0 fully saturated rings. The van der Waals surface area contributed by atoms with E-state index in [0.29, 0.717) is 0 Å². The fraction of sp³-hybridized carbons (Fsp3) is 0.308. The first kappa shape index (κ1) is 13.8. The zero-order valence-corrected chi connectivity index (χ0v) is 13.2. The summed E-state index contributed by atoms with van der Waals surface area (Å²) in [5.74, 6) is 0.850. The monoisotopic (exact) mass is 372 g/mol. The molecule has 0 radical (unpaired) electrons. The van der Waals surface area contributed by atoms with E-state index in [0.717, 1.165) is 33.4 Å². The molecule has 5 heteroatoms. The van der Waals surface area contributed by atoms with Crippen LogP contribution in [0.15, 0.2) is 44.0 Å². The van der Waals surface area contributed by atoms with Crippen molar-refractivity contribution in [1.29, 1.82) is 0 Å². The molecule has 1 unspecified atom stereocenters. The standard InChI is InChI=1S/C13H14Br2N2O/c1-2-6-16-12(13-10(15)5-8-18-13)11-9(14)4-3-7-17-11/h3-5,7-8,12,16H,2,6H2,1H3. The Morgan fingerprint density at radius 3 is 2.78 bits per heavy atom. The van der Waals surface area contributed by atoms with E-state index >= 15 is 0 Å². The van der Waals surface area contributed by atoms with Crippen LogP contribution in [0, 0.1) is 0 Å². The highest BCUT2D eigenvalue weighted by Gasteiger charge is 2.22. The van der Waals surface area contributed by atoms with Gasteiger partial charge in [-0.15, -0.1) is 0 Å². The first-order valence-corrected chi connectivity index (χ1v) is 7.39. The second-order valence-electron chi connectivity index (χ2n) is 3.89. The number of aromatic nitrogens is 1. The Bertz CT molecular complexity index is 513. The van der Waals surface area contributed by atoms with Gasteiger partial charge in [0.1, 0.15) is 11.8 Å². The van der Waals surface area contributed by atoms with Gasteiger partial charge in [-0.05, 0) is 63.0 Å². The molecule has 0 amide bonds. The molecule has 0 aliphatic heterocycles. The van der Waals surface area contributed by atoms with Crippen molar-refractivity contribution in [2.45, 2.75) is 19.4 Å². The third kappa shape index (κ3) is 3.02. The van der Waals surface area contributed by atoms with Gasteiger partial charge in [0.15, 0.2) is 0 Å². The molecule has 1 N–H and O–H groups in total. The molecule has 2 aromatic heterocycles. The number of furan rings is 1. The lowest BCUT2D eigenvalue weighted by Gasteiger charge is -2.17. The summed E-state index contributed by atoms with van der Waals surface area (Å²) in [5.41, 5.74) is 0.932. The Morgan fingerprint density at radius 2 is 2.17 bits per heavy atom. The van der Waals surface area contributed by atoms with Crippen LogP contribution in [-0.2, 0) is 0 Å². The molecule has 0 saturated heterocycles. The van der Waals surface area contributed by atoms with E-state index in [-0.39, 0.29) is 6.04 Å². The normalized spacial score (nSPS) is 12.6. The van der Waals surface area contributed by atoms with Gasteiger partial charge in [0, 0.05) is 10.7 Å². The number of nitrogens with one attached hydrogen (secondary N) is 1. The summed E-state index contributed by atoms with van der Waals surface area (Å²) >= 11 is 7.04. The molecule has 0 saturated carbocycles. The molecule has 0 aliphatic carbocycles. The smallest absolute Gasteiger partial charge is 0.141 e. The molecule has 0 spiro atoms. The van der Waals surface area contributed by atoms with Crippen LogP contribution >= 0.6 is 31.9 Å². The molecule has 0 aliphatic rings. The molecule has 18 heavy (non-hydrogen) atoms. The second-order valence-corrected chi connectivity index (χ2v) is 5.60. The van der Waals surface area contributed by atoms with Crippen molar-refractivity contribution in [2.24, 2.45) is 0 Å². The Kier molecular flexibility index (Phi) is 4.97. The van der Waals surface area contributed by atoms with Gasteiger partial charge >= 0.3 is 0 Å². The van der Waals surface area contributed by atoms with Crippen LogP contribution < -0.4 is 5.32 Å². The molecular formula is C13H14Br2N2O. The minimum absolute atomic E-state index is 0.0510. The number of hydrogen-bond acceptors (Lipinski definition) is 3. The number of hydrogen-bond donors (Lipinski definition) is 1. The second kappa shape index (κ2) is 6.50. The summed E-state index contributed by atoms with van der Waals surface area (Å²) in [7, 11) is 0. The van der Waals surface area contributed by atoms with Gasteiger partial charge in [0.2, 0.25) is 0 Å². The van der Waals surface area contributed by atoms with Gasteiger partial charge in [0.25, 0.3) is 0 Å². The molecule has 1 atom stereocenters. The maximum Gasteiger partial charge on any atom is 0.141 e. The summed E-state index contributed by atoms with van der Waals surface area (Å²) in [6, 6.07) is 5.73. The first-order chi connectivity index (χ1) is 8.74. The van der Waals surface area contributed by atoms with Gasteiger partial charge in [-0.3, -0.25) is 4.98 Å². The Balaban J connectivity index is 2.37. The average molecular weight is 374 g/mol. The zero-order valence-electron chi connectivity index (χ0n) is 9.99. The van der Waals surface area contributed by atoms with E-state index in [2.05, 4.69) is 49.1 Å². The molecule has 0 bridgehead atoms. The summed E-state index contributed by atoms with van der Waals surface area (Å²) in [5, 5.41) is 3.45. The lowest BCUT2D eigenvalue weighted by molar-refractivity contribution is 0.438. The van der Waals surface area contributed by atoms with Crippen LogP contribution in [0.3, 0.4) is 0 Å². The van der Waals surface area contributed by atoms with Crippen molar-refractivity contribution in [1.82, 2.24) is 10.3 Å². The summed E-state index contributed by atoms with van der Waals surface area (Å²) in [6.45, 7) is 3.04. The predicted molar refractivity (Wildman–Crippen MR) is 78.5 cm³/mol. The highest BCUT2D eigenvalue weighted by Crippen LogP contribution is 2.31. The van der Waals surface area contributed by atoms with Crippen molar-refractivity contribution in [2.75, 3.05) is 6.54 Å². The maximum atomic E-state index is 5.56. The maximum absolute atomic E-state index is 5.56. The number of rotatable bonds is 5. The first-order valence-electron chi connectivity index (χ1n) is 5.80. The van der Waals surface area contributed by atoms with E-state index in [1.54, 1.807) is 12.5 Å². The Hall–Kier alpha value is -0.650. The van der Waals surface area contributed by atoms with Crippen molar-refractivity contribution < 1.29 is 4.42 Å². The van der Waals surface area contributed by atoms with Crippen molar-refractivity contribution in [3.05, 3.63) is 51.1 Å². The zero-order chi connectivity index (χ0) is 13.0. The number of pyridine rings is 1. The molecule has 2 rings (SSSR count). The molecule has 0 aromatic carbocycles. The lowest BCUT2D eigenvalue weighted by Crippen LogP contribution is -2.24.